The van der Waals surface area contributed by atoms with Gasteiger partial charge in [-0.15, -0.1) is 11.3 Å². The lowest BCUT2D eigenvalue weighted by Crippen LogP contribution is -2.34. The Balaban J connectivity index is 2.88. The summed E-state index contributed by atoms with van der Waals surface area (Å²) in [6.45, 7) is 5.73. The molecule has 0 aliphatic rings. The lowest BCUT2D eigenvalue weighted by Gasteiger charge is -2.09. The molecule has 0 unspecified atom stereocenters. The smallest absolute Gasteiger partial charge is 0.341 e. The minimum absolute atomic E-state index is 0.287. The van der Waals surface area contributed by atoms with E-state index in [4.69, 9.17) is 10.5 Å². The number of nitrogens with two attached hydrogens (primary N) is 1. The van der Waals surface area contributed by atoms with Crippen molar-refractivity contribution in [1.29, 1.82) is 0 Å². The molecule has 0 radical (unpaired) electrons. The Morgan fingerprint density at radius 1 is 1.50 bits per heavy atom. The number of ether oxygens (including phenoxy) is 1. The van der Waals surface area contributed by atoms with E-state index in [-0.39, 0.29) is 5.91 Å². The summed E-state index contributed by atoms with van der Waals surface area (Å²) in [7, 11) is 0. The molecule has 0 fully saturated rings. The Labute approximate surface area is 110 Å². The molecule has 1 aromatic rings. The first-order valence-electron chi connectivity index (χ1n) is 5.83. The second-order valence-corrected chi connectivity index (χ2v) is 5.08. The van der Waals surface area contributed by atoms with Crippen molar-refractivity contribution in [2.24, 2.45) is 5.73 Å². The lowest BCUT2D eigenvalue weighted by atomic mass is 10.2. The van der Waals surface area contributed by atoms with Gasteiger partial charge in [0, 0.05) is 4.88 Å². The van der Waals surface area contributed by atoms with E-state index in [1.54, 1.807) is 13.0 Å². The van der Waals surface area contributed by atoms with Crippen LogP contribution in [0.15, 0.2) is 6.07 Å². The predicted octanol–water partition coefficient (Wildman–Crippen LogP) is 1.91. The molecule has 1 atom stereocenters. The van der Waals surface area contributed by atoms with Gasteiger partial charge in [-0.25, -0.2) is 4.79 Å². The van der Waals surface area contributed by atoms with Crippen LogP contribution in [0.25, 0.3) is 0 Å². The molecule has 18 heavy (non-hydrogen) atoms. The number of amides is 1. The van der Waals surface area contributed by atoms with E-state index in [1.165, 1.54) is 11.3 Å². The van der Waals surface area contributed by atoms with Crippen molar-refractivity contribution in [3.8, 4) is 0 Å². The van der Waals surface area contributed by atoms with E-state index in [2.05, 4.69) is 5.32 Å². The van der Waals surface area contributed by atoms with Crippen LogP contribution in [0.4, 0.5) is 5.00 Å². The fourth-order valence-corrected chi connectivity index (χ4v) is 2.26. The Kier molecular flexibility index (Phi) is 5.30. The van der Waals surface area contributed by atoms with Gasteiger partial charge in [-0.2, -0.15) is 0 Å². The zero-order chi connectivity index (χ0) is 13.7. The summed E-state index contributed by atoms with van der Waals surface area (Å²) in [5.41, 5.74) is 6.02. The first kappa shape index (κ1) is 14.7. The minimum atomic E-state index is -0.567. The number of aryl methyl sites for hydroxylation is 1. The highest BCUT2D eigenvalue weighted by atomic mass is 32.1. The van der Waals surface area contributed by atoms with Gasteiger partial charge < -0.3 is 15.8 Å². The molecule has 0 bridgehead atoms. The summed E-state index contributed by atoms with van der Waals surface area (Å²) in [6, 6.07) is 1.14. The Hall–Kier alpha value is -1.40. The van der Waals surface area contributed by atoms with E-state index < -0.39 is 12.0 Å². The second kappa shape index (κ2) is 6.51. The summed E-state index contributed by atoms with van der Waals surface area (Å²) >= 11 is 1.34. The van der Waals surface area contributed by atoms with Gasteiger partial charge in [0.25, 0.3) is 0 Å². The third-order valence-corrected chi connectivity index (χ3v) is 3.33. The van der Waals surface area contributed by atoms with Gasteiger partial charge in [-0.3, -0.25) is 4.79 Å². The molecule has 5 nitrogen and oxygen atoms in total. The Morgan fingerprint density at radius 2 is 2.17 bits per heavy atom. The predicted molar refractivity (Wildman–Crippen MR) is 71.9 cm³/mol. The van der Waals surface area contributed by atoms with Crippen LogP contribution in [0.3, 0.4) is 0 Å². The molecule has 0 aromatic carbocycles. The number of hydrogen-bond acceptors (Lipinski definition) is 5. The highest BCUT2D eigenvalue weighted by Crippen LogP contribution is 2.28. The van der Waals surface area contributed by atoms with Crippen molar-refractivity contribution in [3.05, 3.63) is 16.5 Å². The van der Waals surface area contributed by atoms with Crippen molar-refractivity contribution in [3.63, 3.8) is 0 Å². The van der Waals surface area contributed by atoms with Crippen LogP contribution < -0.4 is 11.1 Å². The van der Waals surface area contributed by atoms with Crippen molar-refractivity contribution in [1.82, 2.24) is 0 Å². The summed E-state index contributed by atoms with van der Waals surface area (Å²) in [4.78, 5) is 24.3. The van der Waals surface area contributed by atoms with Crippen LogP contribution in [0.1, 0.15) is 35.5 Å². The zero-order valence-corrected chi connectivity index (χ0v) is 11.6. The summed E-state index contributed by atoms with van der Waals surface area (Å²) in [5.74, 6) is -0.716. The van der Waals surface area contributed by atoms with Crippen molar-refractivity contribution in [2.45, 2.75) is 33.2 Å². The lowest BCUT2D eigenvalue weighted by molar-refractivity contribution is -0.117. The van der Waals surface area contributed by atoms with Crippen molar-refractivity contribution in [2.75, 3.05) is 11.9 Å². The Morgan fingerprint density at radius 3 is 2.72 bits per heavy atom. The maximum atomic E-state index is 11.7. The van der Waals surface area contributed by atoms with Gasteiger partial charge in [0.15, 0.2) is 0 Å². The molecule has 100 valence electrons. The summed E-state index contributed by atoms with van der Waals surface area (Å²) < 4.78 is 4.94. The molecule has 3 N–H and O–H groups in total. The highest BCUT2D eigenvalue weighted by Gasteiger charge is 2.19. The molecule has 0 saturated carbocycles. The SMILES string of the molecule is CCOC(=O)c1cc(C)sc1NC(=O)[C@H](N)CC. The third kappa shape index (κ3) is 3.54. The first-order chi connectivity index (χ1) is 8.49. The summed E-state index contributed by atoms with van der Waals surface area (Å²) in [6.07, 6.45) is 0.547. The average Bonchev–Trinajstić information content (AvgIpc) is 2.69. The third-order valence-electron chi connectivity index (χ3n) is 2.36. The normalized spacial score (nSPS) is 12.0. The molecule has 1 amide bonds. The van der Waals surface area contributed by atoms with E-state index >= 15 is 0 Å². The van der Waals surface area contributed by atoms with Crippen LogP contribution in [0, 0.1) is 6.92 Å². The van der Waals surface area contributed by atoms with Gasteiger partial charge >= 0.3 is 5.97 Å². The minimum Gasteiger partial charge on any atom is -0.462 e. The molecule has 6 heteroatoms. The Bertz CT molecular complexity index is 443. The van der Waals surface area contributed by atoms with Crippen molar-refractivity contribution < 1.29 is 14.3 Å². The van der Waals surface area contributed by atoms with Gasteiger partial charge in [-0.05, 0) is 26.3 Å². The van der Waals surface area contributed by atoms with Crippen LogP contribution in [0.5, 0.6) is 0 Å². The quantitative estimate of drug-likeness (QED) is 0.801. The molecule has 1 aromatic heterocycles. The molecule has 0 aliphatic heterocycles. The number of carbonyl (C=O) groups excluding carboxylic acids is 2. The molecule has 1 heterocycles. The number of nitrogens with one attached hydrogen (secondary N) is 1. The van der Waals surface area contributed by atoms with Crippen LogP contribution >= 0.6 is 11.3 Å². The first-order valence-corrected chi connectivity index (χ1v) is 6.65. The second-order valence-electron chi connectivity index (χ2n) is 3.82. The molecule has 0 saturated heterocycles. The van der Waals surface area contributed by atoms with Crippen molar-refractivity contribution >= 4 is 28.2 Å². The molecule has 1 rings (SSSR count). The molecular weight excluding hydrogens is 252 g/mol. The number of rotatable bonds is 5. The van der Waals surface area contributed by atoms with Gasteiger partial charge in [0.2, 0.25) is 5.91 Å². The number of esters is 1. The van der Waals surface area contributed by atoms with Gasteiger partial charge in [0.1, 0.15) is 5.00 Å². The fourth-order valence-electron chi connectivity index (χ4n) is 1.36. The molecule has 0 spiro atoms. The highest BCUT2D eigenvalue weighted by molar-refractivity contribution is 7.16. The average molecular weight is 270 g/mol. The van der Waals surface area contributed by atoms with E-state index in [0.29, 0.717) is 23.6 Å². The van der Waals surface area contributed by atoms with E-state index in [9.17, 15) is 9.59 Å². The number of thiophene rings is 1. The number of carbonyl (C=O) groups is 2. The monoisotopic (exact) mass is 270 g/mol. The van der Waals surface area contributed by atoms with Crippen LogP contribution in [0.2, 0.25) is 0 Å². The summed E-state index contributed by atoms with van der Waals surface area (Å²) in [5, 5.41) is 3.17. The maximum Gasteiger partial charge on any atom is 0.341 e. The number of anilines is 1. The zero-order valence-electron chi connectivity index (χ0n) is 10.8. The van der Waals surface area contributed by atoms with Gasteiger partial charge in [0.05, 0.1) is 18.2 Å². The van der Waals surface area contributed by atoms with E-state index in [0.717, 1.165) is 4.88 Å². The topological polar surface area (TPSA) is 81.4 Å². The molecule has 0 aliphatic carbocycles. The maximum absolute atomic E-state index is 11.7. The van der Waals surface area contributed by atoms with Gasteiger partial charge in [-0.1, -0.05) is 6.92 Å². The number of hydrogen-bond donors (Lipinski definition) is 2. The standard InChI is InChI=1S/C12H18N2O3S/c1-4-9(13)10(15)14-11-8(6-7(3)18-11)12(16)17-5-2/h6,9H,4-5,13H2,1-3H3,(H,14,15)/t9-/m1/s1. The van der Waals surface area contributed by atoms with E-state index in [1.807, 2.05) is 13.8 Å². The largest absolute Gasteiger partial charge is 0.462 e. The van der Waals surface area contributed by atoms with Crippen LogP contribution in [-0.4, -0.2) is 24.5 Å². The fraction of sp³-hybridized carbons (Fsp3) is 0.500. The van der Waals surface area contributed by atoms with Crippen LogP contribution in [-0.2, 0) is 9.53 Å². The molecular formula is C12H18N2O3S.